The summed E-state index contributed by atoms with van der Waals surface area (Å²) in [5.74, 6) is 0.258. The van der Waals surface area contributed by atoms with Crippen molar-refractivity contribution in [2.75, 3.05) is 17.8 Å². The number of amides is 1. The van der Waals surface area contributed by atoms with E-state index in [-0.39, 0.29) is 23.5 Å². The maximum atomic E-state index is 11.2. The minimum absolute atomic E-state index is 0.137. The molecule has 0 saturated heterocycles. The van der Waals surface area contributed by atoms with Gasteiger partial charge in [0.25, 0.3) is 0 Å². The lowest BCUT2D eigenvalue weighted by Gasteiger charge is -2.07. The minimum Gasteiger partial charge on any atom is -0.356 e. The molecular weight excluding hydrogens is 284 g/mol. The average molecular weight is 301 g/mol. The number of carbonyl (C=O) groups is 1. The summed E-state index contributed by atoms with van der Waals surface area (Å²) in [5, 5.41) is 2.70. The summed E-state index contributed by atoms with van der Waals surface area (Å²) in [6, 6.07) is 0. The van der Waals surface area contributed by atoms with Crippen LogP contribution in [0.5, 0.6) is 0 Å². The summed E-state index contributed by atoms with van der Waals surface area (Å²) >= 11 is 2.84. The maximum Gasteiger partial charge on any atom is 0.221 e. The van der Waals surface area contributed by atoms with Gasteiger partial charge in [0.1, 0.15) is 4.66 Å². The normalized spacial score (nSPS) is 11.7. The molecule has 7 heteroatoms. The molecule has 0 heterocycles. The molecule has 15 heavy (non-hydrogen) atoms. The van der Waals surface area contributed by atoms with Crippen LogP contribution < -0.4 is 10.0 Å². The SMILES string of the molecule is CC(C)CNC(=O)CCNS(=O)(=O)CBr. The van der Waals surface area contributed by atoms with Gasteiger partial charge in [-0.25, -0.2) is 13.1 Å². The highest BCUT2D eigenvalue weighted by Crippen LogP contribution is 1.92. The molecule has 0 unspecified atom stereocenters. The number of sulfonamides is 1. The third kappa shape index (κ3) is 8.83. The Bertz CT molecular complexity index is 290. The number of rotatable bonds is 7. The van der Waals surface area contributed by atoms with Crippen molar-refractivity contribution in [2.24, 2.45) is 5.92 Å². The lowest BCUT2D eigenvalue weighted by atomic mass is 10.2. The minimum atomic E-state index is -3.26. The lowest BCUT2D eigenvalue weighted by Crippen LogP contribution is -2.32. The Balaban J connectivity index is 3.65. The highest BCUT2D eigenvalue weighted by molar-refractivity contribution is 9.10. The van der Waals surface area contributed by atoms with E-state index in [1.54, 1.807) is 0 Å². The average Bonchev–Trinajstić information content (AvgIpc) is 2.14. The van der Waals surface area contributed by atoms with Gasteiger partial charge >= 0.3 is 0 Å². The second kappa shape index (κ2) is 7.19. The number of alkyl halides is 1. The van der Waals surface area contributed by atoms with Gasteiger partial charge in [0, 0.05) is 19.5 Å². The summed E-state index contributed by atoms with van der Waals surface area (Å²) in [5.41, 5.74) is 0. The standard InChI is InChI=1S/C8H17BrN2O3S/c1-7(2)5-10-8(12)3-4-11-15(13,14)6-9/h7,11H,3-6H2,1-2H3,(H,10,12). The molecule has 0 aliphatic heterocycles. The molecule has 0 spiro atoms. The first-order valence-electron chi connectivity index (χ1n) is 4.67. The van der Waals surface area contributed by atoms with E-state index in [1.165, 1.54) is 0 Å². The topological polar surface area (TPSA) is 75.3 Å². The van der Waals surface area contributed by atoms with Crippen molar-refractivity contribution in [2.45, 2.75) is 20.3 Å². The number of carbonyl (C=O) groups excluding carboxylic acids is 1. The molecule has 0 rings (SSSR count). The quantitative estimate of drug-likeness (QED) is 0.669. The first-order valence-corrected chi connectivity index (χ1v) is 7.44. The van der Waals surface area contributed by atoms with E-state index in [0.29, 0.717) is 12.5 Å². The summed E-state index contributed by atoms with van der Waals surface area (Å²) in [6.45, 7) is 4.74. The van der Waals surface area contributed by atoms with Gasteiger partial charge in [-0.05, 0) is 5.92 Å². The molecule has 5 nitrogen and oxygen atoms in total. The molecule has 2 N–H and O–H groups in total. The molecule has 0 aromatic rings. The molecule has 90 valence electrons. The summed E-state index contributed by atoms with van der Waals surface area (Å²) < 4.78 is 24.1. The molecule has 0 atom stereocenters. The molecule has 0 aromatic carbocycles. The van der Waals surface area contributed by atoms with Crippen LogP contribution in [0.1, 0.15) is 20.3 Å². The van der Waals surface area contributed by atoms with E-state index in [2.05, 4.69) is 26.0 Å². The Morgan fingerprint density at radius 1 is 1.40 bits per heavy atom. The van der Waals surface area contributed by atoms with Crippen molar-refractivity contribution >= 4 is 31.9 Å². The fourth-order valence-corrected chi connectivity index (χ4v) is 1.74. The maximum absolute atomic E-state index is 11.2. The van der Waals surface area contributed by atoms with Gasteiger partial charge in [0.05, 0.1) is 0 Å². The van der Waals surface area contributed by atoms with Gasteiger partial charge in [-0.2, -0.15) is 0 Å². The van der Waals surface area contributed by atoms with Crippen LogP contribution >= 0.6 is 15.9 Å². The van der Waals surface area contributed by atoms with Crippen LogP contribution in [0.25, 0.3) is 0 Å². The molecule has 0 radical (unpaired) electrons. The lowest BCUT2D eigenvalue weighted by molar-refractivity contribution is -0.121. The predicted molar refractivity (Wildman–Crippen MR) is 63.2 cm³/mol. The molecule has 0 fully saturated rings. The second-order valence-corrected chi connectivity index (χ2v) is 6.68. The molecule has 0 aliphatic carbocycles. The fourth-order valence-electron chi connectivity index (χ4n) is 0.765. The van der Waals surface area contributed by atoms with E-state index >= 15 is 0 Å². The van der Waals surface area contributed by atoms with E-state index in [9.17, 15) is 13.2 Å². The predicted octanol–water partition coefficient (Wildman–Crippen LogP) is 0.421. The summed E-state index contributed by atoms with van der Waals surface area (Å²) in [4.78, 5) is 11.2. The van der Waals surface area contributed by atoms with Crippen molar-refractivity contribution in [3.8, 4) is 0 Å². The molecule has 0 aromatic heterocycles. The summed E-state index contributed by atoms with van der Waals surface area (Å²) in [7, 11) is -3.26. The van der Waals surface area contributed by atoms with Crippen molar-refractivity contribution in [1.29, 1.82) is 0 Å². The van der Waals surface area contributed by atoms with E-state index < -0.39 is 10.0 Å². The monoisotopic (exact) mass is 300 g/mol. The largest absolute Gasteiger partial charge is 0.356 e. The second-order valence-electron chi connectivity index (χ2n) is 3.57. The zero-order valence-electron chi connectivity index (χ0n) is 8.92. The first kappa shape index (κ1) is 14.9. The highest BCUT2D eigenvalue weighted by atomic mass is 79.9. The van der Waals surface area contributed by atoms with Gasteiger partial charge < -0.3 is 5.32 Å². The van der Waals surface area contributed by atoms with Gasteiger partial charge in [-0.15, -0.1) is 0 Å². The molecule has 0 aliphatic rings. The van der Waals surface area contributed by atoms with Gasteiger partial charge in [-0.3, -0.25) is 4.79 Å². The zero-order chi connectivity index (χ0) is 11.9. The zero-order valence-corrected chi connectivity index (χ0v) is 11.3. The Morgan fingerprint density at radius 3 is 2.47 bits per heavy atom. The van der Waals surface area contributed by atoms with Crippen molar-refractivity contribution in [1.82, 2.24) is 10.0 Å². The van der Waals surface area contributed by atoms with Crippen LogP contribution in [0.3, 0.4) is 0 Å². The Labute approximate surface area is 99.2 Å². The van der Waals surface area contributed by atoms with Crippen LogP contribution in [-0.2, 0) is 14.8 Å². The number of hydrogen-bond donors (Lipinski definition) is 2. The Morgan fingerprint density at radius 2 is 2.00 bits per heavy atom. The number of halogens is 1. The third-order valence-electron chi connectivity index (χ3n) is 1.53. The van der Waals surface area contributed by atoms with Crippen LogP contribution in [0.15, 0.2) is 0 Å². The van der Waals surface area contributed by atoms with E-state index in [0.717, 1.165) is 0 Å². The summed E-state index contributed by atoms with van der Waals surface area (Å²) in [6.07, 6.45) is 0.166. The van der Waals surface area contributed by atoms with Crippen LogP contribution in [0, 0.1) is 5.92 Å². The molecule has 0 saturated carbocycles. The van der Waals surface area contributed by atoms with E-state index in [1.807, 2.05) is 13.8 Å². The van der Waals surface area contributed by atoms with Crippen LogP contribution in [0.4, 0.5) is 0 Å². The van der Waals surface area contributed by atoms with Crippen molar-refractivity contribution in [3.63, 3.8) is 0 Å². The van der Waals surface area contributed by atoms with E-state index in [4.69, 9.17) is 0 Å². The fraction of sp³-hybridized carbons (Fsp3) is 0.875. The highest BCUT2D eigenvalue weighted by Gasteiger charge is 2.08. The smallest absolute Gasteiger partial charge is 0.221 e. The number of hydrogen-bond acceptors (Lipinski definition) is 3. The Kier molecular flexibility index (Phi) is 7.12. The van der Waals surface area contributed by atoms with Crippen LogP contribution in [-0.4, -0.2) is 32.1 Å². The van der Waals surface area contributed by atoms with Gasteiger partial charge in [-0.1, -0.05) is 29.8 Å². The Hall–Kier alpha value is -0.140. The molecule has 1 amide bonds. The van der Waals surface area contributed by atoms with Crippen LogP contribution in [0.2, 0.25) is 0 Å². The van der Waals surface area contributed by atoms with Crippen molar-refractivity contribution < 1.29 is 13.2 Å². The van der Waals surface area contributed by atoms with Crippen molar-refractivity contribution in [3.05, 3.63) is 0 Å². The molecule has 0 bridgehead atoms. The van der Waals surface area contributed by atoms with Gasteiger partial charge in [0.15, 0.2) is 0 Å². The molecular formula is C8H17BrN2O3S. The third-order valence-corrected chi connectivity index (χ3v) is 4.26. The first-order chi connectivity index (χ1) is 6.87. The van der Waals surface area contributed by atoms with Gasteiger partial charge in [0.2, 0.25) is 15.9 Å². The number of nitrogens with one attached hydrogen (secondary N) is 2.